The summed E-state index contributed by atoms with van der Waals surface area (Å²) in [6.07, 6.45) is 0. The van der Waals surface area contributed by atoms with Crippen LogP contribution in [0.1, 0.15) is 0 Å². The second-order valence-electron chi connectivity index (χ2n) is 10.3. The number of benzene rings is 6. The van der Waals surface area contributed by atoms with Gasteiger partial charge in [-0.05, 0) is 53.4 Å². The van der Waals surface area contributed by atoms with E-state index in [-0.39, 0.29) is 0 Å². The Labute approximate surface area is 242 Å². The first-order valence-corrected chi connectivity index (χ1v) is 13.8. The summed E-state index contributed by atoms with van der Waals surface area (Å²) in [5.41, 5.74) is 9.57. The van der Waals surface area contributed by atoms with Crippen LogP contribution in [0.25, 0.3) is 75.8 Å². The third-order valence-electron chi connectivity index (χ3n) is 8.15. The minimum Gasteiger partial charge on any atom is -0.319 e. The van der Waals surface area contributed by atoms with Gasteiger partial charge in [0.15, 0.2) is 5.69 Å². The summed E-state index contributed by atoms with van der Waals surface area (Å²) >= 11 is 0. The van der Waals surface area contributed by atoms with E-state index in [0.717, 1.165) is 55.3 Å². The quantitative estimate of drug-likeness (QED) is 0.201. The maximum Gasteiger partial charge on any atom is 0.210 e. The van der Waals surface area contributed by atoms with Gasteiger partial charge in [-0.3, -0.25) is 0 Å². The molecule has 42 heavy (non-hydrogen) atoms. The molecular weight excluding hydrogens is 512 g/mol. The van der Waals surface area contributed by atoms with Gasteiger partial charge < -0.3 is 9.13 Å². The Bertz CT molecular complexity index is 2430. The summed E-state index contributed by atoms with van der Waals surface area (Å²) in [5, 5.41) is 4.45. The Hall–Kier alpha value is -6.10. The average molecular weight is 535 g/mol. The van der Waals surface area contributed by atoms with Crippen molar-refractivity contribution in [2.24, 2.45) is 0 Å². The zero-order chi connectivity index (χ0) is 28.2. The SMILES string of the molecule is [C-]#[N+]c1ccc2c(c1)c1c(-c3cccc4c5ccccc5n(-c5ccccc5)c34)cccc1n2-c1ccccc1[N+]#[C-]. The van der Waals surface area contributed by atoms with Crippen LogP contribution in [0.5, 0.6) is 0 Å². The zero-order valence-electron chi connectivity index (χ0n) is 22.5. The highest BCUT2D eigenvalue weighted by Gasteiger charge is 2.21. The Kier molecular flexibility index (Phi) is 5.22. The number of aromatic nitrogens is 2. The number of fused-ring (bicyclic) bond motifs is 6. The van der Waals surface area contributed by atoms with Crippen molar-refractivity contribution in [3.8, 4) is 22.5 Å². The van der Waals surface area contributed by atoms with E-state index in [1.165, 1.54) is 10.8 Å². The van der Waals surface area contributed by atoms with Crippen LogP contribution in [-0.4, -0.2) is 9.13 Å². The van der Waals surface area contributed by atoms with Gasteiger partial charge in [-0.25, -0.2) is 9.69 Å². The van der Waals surface area contributed by atoms with Crippen molar-refractivity contribution in [3.05, 3.63) is 156 Å². The Morgan fingerprint density at radius 3 is 2.02 bits per heavy atom. The van der Waals surface area contributed by atoms with Crippen LogP contribution >= 0.6 is 0 Å². The molecule has 0 N–H and O–H groups in total. The van der Waals surface area contributed by atoms with Gasteiger partial charge in [-0.2, -0.15) is 0 Å². The molecule has 0 aliphatic rings. The summed E-state index contributed by atoms with van der Waals surface area (Å²) in [6, 6.07) is 45.6. The first-order chi connectivity index (χ1) is 20.8. The van der Waals surface area contributed by atoms with Gasteiger partial charge in [0.25, 0.3) is 0 Å². The summed E-state index contributed by atoms with van der Waals surface area (Å²) in [5.74, 6) is 0. The standard InChI is InChI=1S/C38H22N4/c1-39-25-22-23-34-31(24-25)37-28(15-11-21-36(37)42(34)35-20-9-7-18-32(35)40-2)30-17-10-16-29-27-14-6-8-19-33(27)41(38(29)30)26-12-4-3-5-13-26/h3-24H. The lowest BCUT2D eigenvalue weighted by atomic mass is 9.97. The highest BCUT2D eigenvalue weighted by atomic mass is 15.0. The Morgan fingerprint density at radius 1 is 0.476 bits per heavy atom. The first-order valence-electron chi connectivity index (χ1n) is 13.8. The van der Waals surface area contributed by atoms with Crippen LogP contribution in [0.2, 0.25) is 0 Å². The lowest BCUT2D eigenvalue weighted by Gasteiger charge is -2.13. The number of para-hydroxylation sites is 5. The van der Waals surface area contributed by atoms with E-state index in [9.17, 15) is 0 Å². The van der Waals surface area contributed by atoms with E-state index in [0.29, 0.717) is 11.4 Å². The van der Waals surface area contributed by atoms with Gasteiger partial charge in [0.2, 0.25) is 5.69 Å². The van der Waals surface area contributed by atoms with Crippen LogP contribution in [-0.2, 0) is 0 Å². The fraction of sp³-hybridized carbons (Fsp3) is 0. The molecule has 0 saturated carbocycles. The average Bonchev–Trinajstić information content (AvgIpc) is 3.58. The predicted octanol–water partition coefficient (Wildman–Crippen LogP) is 10.6. The van der Waals surface area contributed by atoms with Gasteiger partial charge >= 0.3 is 0 Å². The number of hydrogen-bond acceptors (Lipinski definition) is 0. The maximum absolute atomic E-state index is 7.86. The van der Waals surface area contributed by atoms with Crippen molar-refractivity contribution >= 4 is 55.0 Å². The minimum absolute atomic E-state index is 0.585. The van der Waals surface area contributed by atoms with E-state index in [1.54, 1.807) is 0 Å². The molecule has 4 heteroatoms. The molecule has 6 aromatic carbocycles. The summed E-state index contributed by atoms with van der Waals surface area (Å²) in [7, 11) is 0. The molecule has 8 aromatic rings. The Balaban J connectivity index is 1.56. The van der Waals surface area contributed by atoms with Crippen LogP contribution < -0.4 is 0 Å². The fourth-order valence-electron chi connectivity index (χ4n) is 6.44. The van der Waals surface area contributed by atoms with Gasteiger partial charge in [0, 0.05) is 27.4 Å². The predicted molar refractivity (Wildman–Crippen MR) is 173 cm³/mol. The first kappa shape index (κ1) is 23.8. The highest BCUT2D eigenvalue weighted by Crippen LogP contribution is 2.44. The molecule has 0 atom stereocenters. The molecule has 0 aliphatic carbocycles. The molecule has 0 radical (unpaired) electrons. The van der Waals surface area contributed by atoms with E-state index >= 15 is 0 Å². The molecule has 4 nitrogen and oxygen atoms in total. The van der Waals surface area contributed by atoms with Crippen LogP contribution in [0.3, 0.4) is 0 Å². The second kappa shape index (κ2) is 9.24. The normalized spacial score (nSPS) is 11.3. The van der Waals surface area contributed by atoms with Crippen LogP contribution in [0.4, 0.5) is 11.4 Å². The van der Waals surface area contributed by atoms with E-state index < -0.39 is 0 Å². The second-order valence-corrected chi connectivity index (χ2v) is 10.3. The van der Waals surface area contributed by atoms with Crippen molar-refractivity contribution in [3.63, 3.8) is 0 Å². The third kappa shape index (κ3) is 3.33. The molecule has 0 amide bonds. The van der Waals surface area contributed by atoms with Crippen molar-refractivity contribution in [1.29, 1.82) is 0 Å². The van der Waals surface area contributed by atoms with E-state index in [2.05, 4.69) is 104 Å². The largest absolute Gasteiger partial charge is 0.319 e. The van der Waals surface area contributed by atoms with E-state index in [4.69, 9.17) is 13.1 Å². The van der Waals surface area contributed by atoms with Gasteiger partial charge in [0.05, 0.1) is 40.9 Å². The molecule has 0 spiro atoms. The minimum atomic E-state index is 0.585. The Morgan fingerprint density at radius 2 is 1.17 bits per heavy atom. The number of nitrogens with zero attached hydrogens (tertiary/aromatic N) is 4. The monoisotopic (exact) mass is 534 g/mol. The highest BCUT2D eigenvalue weighted by molar-refractivity contribution is 6.21. The topological polar surface area (TPSA) is 18.6 Å². The van der Waals surface area contributed by atoms with Crippen LogP contribution in [0.15, 0.2) is 133 Å². The summed E-state index contributed by atoms with van der Waals surface area (Å²) < 4.78 is 4.53. The molecule has 0 fully saturated rings. The van der Waals surface area contributed by atoms with Gasteiger partial charge in [-0.15, -0.1) is 0 Å². The number of hydrogen-bond donors (Lipinski definition) is 0. The van der Waals surface area contributed by atoms with E-state index in [1.807, 2.05) is 48.5 Å². The molecule has 2 aromatic heterocycles. The molecule has 0 bridgehead atoms. The molecule has 0 saturated heterocycles. The molecule has 2 heterocycles. The van der Waals surface area contributed by atoms with Crippen molar-refractivity contribution in [2.45, 2.75) is 0 Å². The van der Waals surface area contributed by atoms with Gasteiger partial charge in [-0.1, -0.05) is 91.0 Å². The number of rotatable bonds is 3. The van der Waals surface area contributed by atoms with Crippen molar-refractivity contribution in [1.82, 2.24) is 9.13 Å². The summed E-state index contributed by atoms with van der Waals surface area (Å²) in [4.78, 5) is 7.61. The molecule has 194 valence electrons. The molecule has 8 rings (SSSR count). The molecule has 0 unspecified atom stereocenters. The maximum atomic E-state index is 7.86. The lowest BCUT2D eigenvalue weighted by Crippen LogP contribution is -1.96. The van der Waals surface area contributed by atoms with Crippen molar-refractivity contribution in [2.75, 3.05) is 0 Å². The smallest absolute Gasteiger partial charge is 0.210 e. The fourth-order valence-corrected chi connectivity index (χ4v) is 6.44. The van der Waals surface area contributed by atoms with Crippen molar-refractivity contribution < 1.29 is 0 Å². The third-order valence-corrected chi connectivity index (χ3v) is 8.15. The van der Waals surface area contributed by atoms with Crippen LogP contribution in [0, 0.1) is 13.1 Å². The molecular formula is C38H22N4. The summed E-state index contributed by atoms with van der Waals surface area (Å²) in [6.45, 7) is 15.6. The lowest BCUT2D eigenvalue weighted by molar-refractivity contribution is 1.18. The van der Waals surface area contributed by atoms with Gasteiger partial charge in [0.1, 0.15) is 0 Å². The molecule has 0 aliphatic heterocycles. The zero-order valence-corrected chi connectivity index (χ0v) is 22.5.